The van der Waals surface area contributed by atoms with Gasteiger partial charge < -0.3 is 10.1 Å². The van der Waals surface area contributed by atoms with Crippen LogP contribution in [0.15, 0.2) is 39.7 Å². The van der Waals surface area contributed by atoms with E-state index in [1.807, 2.05) is 37.3 Å². The summed E-state index contributed by atoms with van der Waals surface area (Å²) < 4.78 is 0.780. The van der Waals surface area contributed by atoms with Gasteiger partial charge in [0, 0.05) is 16.5 Å². The Balaban J connectivity index is 0.00000264. The molecule has 0 unspecified atom stereocenters. The second-order valence-corrected chi connectivity index (χ2v) is 7.38. The molecule has 0 aliphatic heterocycles. The van der Waals surface area contributed by atoms with E-state index < -0.39 is 0 Å². The van der Waals surface area contributed by atoms with Crippen LogP contribution < -0.4 is 34.9 Å². The van der Waals surface area contributed by atoms with E-state index in [1.165, 1.54) is 0 Å². The van der Waals surface area contributed by atoms with Gasteiger partial charge in [0.25, 0.3) is 0 Å². The molecule has 0 aliphatic carbocycles. The number of benzene rings is 2. The molecule has 0 aromatic heterocycles. The van der Waals surface area contributed by atoms with Gasteiger partial charge in [-0.1, -0.05) is 51.4 Å². The molecule has 1 N–H and O–H groups in total. The third kappa shape index (κ3) is 6.45. The van der Waals surface area contributed by atoms with Crippen LogP contribution in [0.25, 0.3) is 0 Å². The summed E-state index contributed by atoms with van der Waals surface area (Å²) in [4.78, 5) is 13.4. The number of halogens is 2. The summed E-state index contributed by atoms with van der Waals surface area (Å²) in [5.74, 6) is 0.832. The Morgan fingerprint density at radius 1 is 1.35 bits per heavy atom. The Hall–Kier alpha value is 0.0300. The Morgan fingerprint density at radius 2 is 2.09 bits per heavy atom. The number of amides is 1. The van der Waals surface area contributed by atoms with Crippen LogP contribution in [0.5, 0.6) is 0 Å². The van der Waals surface area contributed by atoms with Gasteiger partial charge in [-0.25, -0.2) is 0 Å². The average molecular weight is 421 g/mol. The van der Waals surface area contributed by atoms with Crippen molar-refractivity contribution in [3.05, 3.63) is 62.6 Å². The molecule has 0 bridgehead atoms. The summed E-state index contributed by atoms with van der Waals surface area (Å²) in [7, 11) is 0. The Morgan fingerprint density at radius 3 is 2.74 bits per heavy atom. The summed E-state index contributed by atoms with van der Waals surface area (Å²) in [5.41, 5.74) is 2.57. The van der Waals surface area contributed by atoms with Gasteiger partial charge in [0.05, 0.1) is 0 Å². The molecular weight excluding hydrogens is 405 g/mol. The van der Waals surface area contributed by atoms with E-state index in [0.717, 1.165) is 26.2 Å². The summed E-state index contributed by atoms with van der Waals surface area (Å²) in [5, 5.41) is 3.61. The number of hydrogen-bond acceptors (Lipinski definition) is 2. The van der Waals surface area contributed by atoms with Gasteiger partial charge >= 0.3 is 29.6 Å². The minimum absolute atomic E-state index is 0. The van der Waals surface area contributed by atoms with E-state index in [-0.39, 0.29) is 35.5 Å². The average Bonchev–Trinajstić information content (AvgIpc) is 2.46. The molecule has 2 rings (SSSR count). The smallest absolute Gasteiger partial charge is 0.387 e. The summed E-state index contributed by atoms with van der Waals surface area (Å²) in [6.07, 6.45) is 0. The molecule has 0 saturated heterocycles. The van der Waals surface area contributed by atoms with Crippen LogP contribution >= 0.6 is 39.3 Å². The van der Waals surface area contributed by atoms with E-state index in [1.54, 1.807) is 11.8 Å². The van der Waals surface area contributed by atoms with Crippen molar-refractivity contribution in [1.82, 2.24) is 5.32 Å². The number of hydrogen-bond donors (Lipinski definition) is 1. The zero-order valence-corrected chi connectivity index (χ0v) is 18.5. The molecule has 0 aliphatic rings. The summed E-state index contributed by atoms with van der Waals surface area (Å²) >= 11 is 11.2. The first-order valence-corrected chi connectivity index (χ1v) is 9.04. The summed E-state index contributed by atoms with van der Waals surface area (Å²) in [6, 6.07) is 12.5. The van der Waals surface area contributed by atoms with Crippen molar-refractivity contribution in [3.63, 3.8) is 0 Å². The van der Waals surface area contributed by atoms with Crippen molar-refractivity contribution in [2.45, 2.75) is 25.3 Å². The minimum atomic E-state index is -0.142. The zero-order chi connectivity index (χ0) is 16.1. The molecule has 1 amide bonds. The normalized spacial score (nSPS) is 10.1. The predicted molar refractivity (Wildman–Crippen MR) is 96.7 cm³/mol. The molecule has 6 heteroatoms. The Kier molecular flexibility index (Phi) is 9.27. The van der Waals surface area contributed by atoms with Crippen LogP contribution in [0.4, 0.5) is 0 Å². The van der Waals surface area contributed by atoms with Gasteiger partial charge in [-0.15, -0.1) is 35.5 Å². The second kappa shape index (κ2) is 10.1. The molecule has 0 spiro atoms. The molecule has 0 heterocycles. The Bertz CT molecular complexity index is 676. The van der Waals surface area contributed by atoms with Crippen molar-refractivity contribution in [3.8, 4) is 0 Å². The van der Waals surface area contributed by atoms with Gasteiger partial charge in [-0.3, -0.25) is 0 Å². The van der Waals surface area contributed by atoms with Crippen LogP contribution in [0.3, 0.4) is 0 Å². The molecule has 2 aromatic carbocycles. The summed E-state index contributed by atoms with van der Waals surface area (Å²) in [6.45, 7) is 4.49. The van der Waals surface area contributed by atoms with E-state index in [2.05, 4.69) is 34.2 Å². The van der Waals surface area contributed by atoms with Gasteiger partial charge in [-0.2, -0.15) is 0 Å². The maximum Gasteiger partial charge on any atom is 1.00 e. The third-order valence-electron chi connectivity index (χ3n) is 2.99. The first-order valence-electron chi connectivity index (χ1n) is 6.88. The number of carbonyl (C=O) groups excluding carboxylic acids is 1. The quantitative estimate of drug-likeness (QED) is 0.457. The van der Waals surface area contributed by atoms with E-state index >= 15 is 0 Å². The number of rotatable bonds is 5. The molecule has 0 fully saturated rings. The molecule has 0 radical (unpaired) electrons. The topological polar surface area (TPSA) is 29.1 Å². The monoisotopic (exact) mass is 419 g/mol. The van der Waals surface area contributed by atoms with E-state index in [0.29, 0.717) is 17.1 Å². The molecular formula is C17H16BrClNNaOS. The van der Waals surface area contributed by atoms with Crippen molar-refractivity contribution < 1.29 is 34.4 Å². The zero-order valence-electron chi connectivity index (χ0n) is 13.4. The molecule has 0 saturated carbocycles. The molecule has 23 heavy (non-hydrogen) atoms. The fourth-order valence-electron chi connectivity index (χ4n) is 2.05. The number of aryl methyl sites for hydroxylation is 1. The maximum absolute atomic E-state index is 12.3. The first-order chi connectivity index (χ1) is 10.5. The molecule has 2 aromatic rings. The number of thioether (sulfide) groups is 1. The number of nitrogens with one attached hydrogen (secondary N) is 1. The fraction of sp³-hybridized carbons (Fsp3) is 0.235. The SMILES string of the molecule is CCSc1ccc(Cl)cc1CNC(=O)c1[c-]c(Br)cc(C)c1.[Na+]. The van der Waals surface area contributed by atoms with Gasteiger partial charge in [0.1, 0.15) is 0 Å². The predicted octanol–water partition coefficient (Wildman–Crippen LogP) is 2.26. The second-order valence-electron chi connectivity index (χ2n) is 4.79. The van der Waals surface area contributed by atoms with Gasteiger partial charge in [0.2, 0.25) is 0 Å². The van der Waals surface area contributed by atoms with Crippen LogP contribution in [0.2, 0.25) is 5.02 Å². The van der Waals surface area contributed by atoms with Crippen LogP contribution in [-0.4, -0.2) is 11.7 Å². The van der Waals surface area contributed by atoms with Crippen LogP contribution in [0, 0.1) is 13.0 Å². The van der Waals surface area contributed by atoms with Crippen LogP contribution in [0.1, 0.15) is 28.4 Å². The van der Waals surface area contributed by atoms with Crippen molar-refractivity contribution >= 4 is 45.2 Å². The molecule has 116 valence electrons. The van der Waals surface area contributed by atoms with Crippen molar-refractivity contribution in [1.29, 1.82) is 0 Å². The number of carbonyl (C=O) groups is 1. The standard InChI is InChI=1S/C17H16BrClNOS.Na/c1-3-22-16-5-4-15(19)9-13(16)10-20-17(21)12-6-11(2)7-14(18)8-12;/h4-7,9H,3,10H2,1-2H3,(H,20,21);/q-1;+1. The third-order valence-corrected chi connectivity index (χ3v) is 4.65. The first kappa shape index (κ1) is 21.1. The van der Waals surface area contributed by atoms with Crippen LogP contribution in [-0.2, 0) is 6.54 Å². The maximum atomic E-state index is 12.3. The van der Waals surface area contributed by atoms with Gasteiger partial charge in [-0.05, 0) is 29.5 Å². The minimum Gasteiger partial charge on any atom is -0.387 e. The van der Waals surface area contributed by atoms with Crippen molar-refractivity contribution in [2.75, 3.05) is 5.75 Å². The van der Waals surface area contributed by atoms with Gasteiger partial charge in [0.15, 0.2) is 5.91 Å². The van der Waals surface area contributed by atoms with E-state index in [4.69, 9.17) is 11.6 Å². The Labute approximate surface area is 177 Å². The largest absolute Gasteiger partial charge is 1.00 e. The van der Waals surface area contributed by atoms with Crippen molar-refractivity contribution in [2.24, 2.45) is 0 Å². The fourth-order valence-corrected chi connectivity index (χ4v) is 3.61. The molecule has 0 atom stereocenters. The molecule has 2 nitrogen and oxygen atoms in total. The van der Waals surface area contributed by atoms with E-state index in [9.17, 15) is 4.79 Å².